The molecule has 0 N–H and O–H groups in total. The first kappa shape index (κ1) is 17.0. The van der Waals surface area contributed by atoms with Crippen molar-refractivity contribution in [2.24, 2.45) is 0 Å². The second-order valence-corrected chi connectivity index (χ2v) is 6.21. The van der Waals surface area contributed by atoms with Crippen molar-refractivity contribution >= 4 is 29.0 Å². The van der Waals surface area contributed by atoms with Gasteiger partial charge in [0.05, 0.1) is 10.2 Å². The fourth-order valence-corrected chi connectivity index (χ4v) is 3.04. The molecule has 1 aromatic carbocycles. The van der Waals surface area contributed by atoms with Crippen molar-refractivity contribution in [3.63, 3.8) is 0 Å². The van der Waals surface area contributed by atoms with Crippen LogP contribution in [0.15, 0.2) is 53.7 Å². The number of carbonyl (C=O) groups excluding carboxylic acids is 1. The molecule has 6 nitrogen and oxygen atoms in total. The molecule has 0 radical (unpaired) electrons. The van der Waals surface area contributed by atoms with Crippen molar-refractivity contribution in [1.29, 1.82) is 0 Å². The van der Waals surface area contributed by atoms with E-state index in [9.17, 15) is 14.9 Å². The van der Waals surface area contributed by atoms with Gasteiger partial charge in [-0.3, -0.25) is 19.9 Å². The topological polar surface area (TPSA) is 76.3 Å². The van der Waals surface area contributed by atoms with Gasteiger partial charge >= 0.3 is 0 Å². The van der Waals surface area contributed by atoms with Crippen LogP contribution in [0.4, 0.5) is 11.4 Å². The molecule has 0 fully saturated rings. The summed E-state index contributed by atoms with van der Waals surface area (Å²) in [6.45, 7) is 4.31. The van der Waals surface area contributed by atoms with Gasteiger partial charge in [-0.2, -0.15) is 0 Å². The summed E-state index contributed by atoms with van der Waals surface area (Å²) >= 11 is 1.38. The Morgan fingerprint density at radius 2 is 1.87 bits per heavy atom. The quantitative estimate of drug-likeness (QED) is 0.460. The maximum Gasteiger partial charge on any atom is 0.269 e. The molecule has 1 atom stereocenters. The van der Waals surface area contributed by atoms with Crippen molar-refractivity contribution in [2.45, 2.75) is 24.0 Å². The number of thioether (sulfide) groups is 1. The Morgan fingerprint density at radius 3 is 2.39 bits per heavy atom. The molecule has 120 valence electrons. The van der Waals surface area contributed by atoms with E-state index in [-0.39, 0.29) is 16.8 Å². The van der Waals surface area contributed by atoms with Crippen LogP contribution in [-0.2, 0) is 4.79 Å². The van der Waals surface area contributed by atoms with Crippen molar-refractivity contribution in [3.05, 3.63) is 58.9 Å². The van der Waals surface area contributed by atoms with E-state index in [0.717, 1.165) is 10.6 Å². The lowest BCUT2D eigenvalue weighted by Gasteiger charge is -2.24. The number of carbonyl (C=O) groups is 1. The molecule has 1 amide bonds. The molecule has 0 saturated heterocycles. The van der Waals surface area contributed by atoms with E-state index in [4.69, 9.17) is 0 Å². The predicted molar refractivity (Wildman–Crippen MR) is 90.7 cm³/mol. The minimum atomic E-state index is -0.439. The van der Waals surface area contributed by atoms with Crippen LogP contribution in [0, 0.1) is 10.1 Å². The van der Waals surface area contributed by atoms with Crippen molar-refractivity contribution in [2.75, 3.05) is 11.4 Å². The second-order valence-electron chi connectivity index (χ2n) is 4.80. The molecule has 7 heteroatoms. The maximum absolute atomic E-state index is 12.6. The maximum atomic E-state index is 12.6. The molecule has 23 heavy (non-hydrogen) atoms. The van der Waals surface area contributed by atoms with E-state index < -0.39 is 4.92 Å². The Bertz CT molecular complexity index is 677. The summed E-state index contributed by atoms with van der Waals surface area (Å²) in [5.41, 5.74) is 0.851. The molecule has 1 aromatic heterocycles. The van der Waals surface area contributed by atoms with E-state index in [2.05, 4.69) is 4.98 Å². The number of anilines is 1. The number of nitro benzene ring substituents is 1. The number of rotatable bonds is 6. The number of nitrogens with zero attached hydrogens (tertiary/aromatic N) is 3. The minimum absolute atomic E-state index is 0.0120. The van der Waals surface area contributed by atoms with Crippen molar-refractivity contribution in [3.8, 4) is 0 Å². The highest BCUT2D eigenvalue weighted by Gasteiger charge is 2.21. The first-order valence-corrected chi connectivity index (χ1v) is 8.03. The highest BCUT2D eigenvalue weighted by Crippen LogP contribution is 2.27. The first-order valence-electron chi connectivity index (χ1n) is 7.15. The van der Waals surface area contributed by atoms with Crippen LogP contribution in [0.1, 0.15) is 13.8 Å². The smallest absolute Gasteiger partial charge is 0.269 e. The van der Waals surface area contributed by atoms with Gasteiger partial charge in [-0.1, -0.05) is 0 Å². The van der Waals surface area contributed by atoms with Crippen LogP contribution in [0.3, 0.4) is 0 Å². The third-order valence-electron chi connectivity index (χ3n) is 3.26. The normalized spacial score (nSPS) is 11.7. The van der Waals surface area contributed by atoms with Gasteiger partial charge in [-0.15, -0.1) is 11.8 Å². The lowest BCUT2D eigenvalue weighted by molar-refractivity contribution is -0.384. The zero-order valence-electron chi connectivity index (χ0n) is 12.9. The van der Waals surface area contributed by atoms with Gasteiger partial charge in [0.2, 0.25) is 5.91 Å². The molecule has 0 aliphatic heterocycles. The van der Waals surface area contributed by atoms with E-state index >= 15 is 0 Å². The molecule has 0 unspecified atom stereocenters. The minimum Gasteiger partial charge on any atom is -0.312 e. The molecule has 0 aliphatic rings. The largest absolute Gasteiger partial charge is 0.312 e. The van der Waals surface area contributed by atoms with E-state index in [1.807, 2.05) is 13.8 Å². The lowest BCUT2D eigenvalue weighted by atomic mass is 10.3. The number of aromatic nitrogens is 1. The zero-order valence-corrected chi connectivity index (χ0v) is 13.7. The number of amides is 1. The Morgan fingerprint density at radius 1 is 1.26 bits per heavy atom. The summed E-state index contributed by atoms with van der Waals surface area (Å²) in [7, 11) is 0. The van der Waals surface area contributed by atoms with Gasteiger partial charge in [-0.25, -0.2) is 0 Å². The molecule has 2 rings (SSSR count). The highest BCUT2D eigenvalue weighted by atomic mass is 32.2. The SMILES string of the molecule is CCN(C(=O)[C@H](C)Sc1ccc([N+](=O)[O-])cc1)c1ccncc1. The zero-order chi connectivity index (χ0) is 16.8. The molecular weight excluding hydrogens is 314 g/mol. The Hall–Kier alpha value is -2.41. The van der Waals surface area contributed by atoms with Crippen molar-refractivity contribution in [1.82, 2.24) is 4.98 Å². The fourth-order valence-electron chi connectivity index (χ4n) is 2.11. The average Bonchev–Trinajstić information content (AvgIpc) is 2.57. The lowest BCUT2D eigenvalue weighted by Crippen LogP contribution is -2.36. The van der Waals surface area contributed by atoms with Gasteiger partial charge in [0.25, 0.3) is 5.69 Å². The average molecular weight is 331 g/mol. The summed E-state index contributed by atoms with van der Waals surface area (Å²) in [5.74, 6) is -0.0120. The second kappa shape index (κ2) is 7.73. The van der Waals surface area contributed by atoms with Gasteiger partial charge < -0.3 is 4.90 Å². The number of benzene rings is 1. The van der Waals surface area contributed by atoms with Gasteiger partial charge in [0.15, 0.2) is 0 Å². The molecule has 0 saturated carbocycles. The van der Waals surface area contributed by atoms with Crippen molar-refractivity contribution < 1.29 is 9.72 Å². The number of hydrogen-bond donors (Lipinski definition) is 0. The van der Waals surface area contributed by atoms with Crippen LogP contribution in [0.2, 0.25) is 0 Å². The summed E-state index contributed by atoms with van der Waals surface area (Å²) in [6, 6.07) is 9.81. The summed E-state index contributed by atoms with van der Waals surface area (Å²) < 4.78 is 0. The van der Waals surface area contributed by atoms with Gasteiger partial charge in [0.1, 0.15) is 0 Å². The van der Waals surface area contributed by atoms with Crippen LogP contribution in [-0.4, -0.2) is 27.6 Å². The first-order chi connectivity index (χ1) is 11.0. The van der Waals surface area contributed by atoms with E-state index in [1.165, 1.54) is 23.9 Å². The molecule has 0 spiro atoms. The Kier molecular flexibility index (Phi) is 5.70. The Balaban J connectivity index is 2.08. The van der Waals surface area contributed by atoms with Crippen LogP contribution < -0.4 is 4.90 Å². The fraction of sp³-hybridized carbons (Fsp3) is 0.250. The van der Waals surface area contributed by atoms with Gasteiger partial charge in [-0.05, 0) is 38.1 Å². The number of nitro groups is 1. The molecular formula is C16H17N3O3S. The van der Waals surface area contributed by atoms with Crippen LogP contribution >= 0.6 is 11.8 Å². The number of hydrogen-bond acceptors (Lipinski definition) is 5. The highest BCUT2D eigenvalue weighted by molar-refractivity contribution is 8.00. The van der Waals surface area contributed by atoms with Crippen LogP contribution in [0.25, 0.3) is 0 Å². The molecule has 0 bridgehead atoms. The third-order valence-corrected chi connectivity index (χ3v) is 4.36. The standard InChI is InChI=1S/C16H17N3O3S/c1-3-18(13-8-10-17-11-9-13)16(20)12(2)23-15-6-4-14(5-7-15)19(21)22/h4-12H,3H2,1-2H3/t12-/m0/s1. The molecule has 0 aliphatic carbocycles. The summed E-state index contributed by atoms with van der Waals surface area (Å²) in [4.78, 5) is 29.3. The third kappa shape index (κ3) is 4.29. The number of pyridine rings is 1. The summed E-state index contributed by atoms with van der Waals surface area (Å²) in [5, 5.41) is 10.4. The van der Waals surface area contributed by atoms with Crippen LogP contribution in [0.5, 0.6) is 0 Å². The van der Waals surface area contributed by atoms with E-state index in [0.29, 0.717) is 6.54 Å². The molecule has 2 aromatic rings. The monoisotopic (exact) mass is 331 g/mol. The summed E-state index contributed by atoms with van der Waals surface area (Å²) in [6.07, 6.45) is 3.30. The predicted octanol–water partition coefficient (Wildman–Crippen LogP) is 3.52. The number of non-ortho nitro benzene ring substituents is 1. The van der Waals surface area contributed by atoms with Gasteiger partial charge in [0, 0.05) is 41.7 Å². The van der Waals surface area contributed by atoms with E-state index in [1.54, 1.807) is 41.6 Å². The Labute approximate surface area is 138 Å². The molecule has 1 heterocycles.